The summed E-state index contributed by atoms with van der Waals surface area (Å²) < 4.78 is 59.2. The number of nitrogens with zero attached hydrogens (tertiary/aromatic N) is 3. The van der Waals surface area contributed by atoms with E-state index in [2.05, 4.69) is 4.99 Å². The van der Waals surface area contributed by atoms with Crippen LogP contribution in [0.2, 0.25) is 5.02 Å². The van der Waals surface area contributed by atoms with E-state index in [9.17, 15) is 22.8 Å². The van der Waals surface area contributed by atoms with Crippen molar-refractivity contribution in [3.63, 3.8) is 0 Å². The molecule has 1 atom stereocenters. The third-order valence-corrected chi connectivity index (χ3v) is 6.79. The van der Waals surface area contributed by atoms with Gasteiger partial charge in [-0.15, -0.1) is 0 Å². The highest BCUT2D eigenvalue weighted by molar-refractivity contribution is 7.07. The van der Waals surface area contributed by atoms with Gasteiger partial charge < -0.3 is 14.2 Å². The Morgan fingerprint density at radius 1 is 1.23 bits per heavy atom. The van der Waals surface area contributed by atoms with Crippen LogP contribution in [0.15, 0.2) is 63.5 Å². The zero-order chi connectivity index (χ0) is 28.3. The molecular formula is C26H19ClF3N3O5S. The van der Waals surface area contributed by atoms with Crippen molar-refractivity contribution in [2.75, 3.05) is 20.3 Å². The summed E-state index contributed by atoms with van der Waals surface area (Å²) in [6, 6.07) is 10.8. The molecule has 13 heteroatoms. The lowest BCUT2D eigenvalue weighted by atomic mass is 9.95. The average Bonchev–Trinajstić information content (AvgIpc) is 3.21. The first-order chi connectivity index (χ1) is 18.6. The fourth-order valence-corrected chi connectivity index (χ4v) is 5.08. The van der Waals surface area contributed by atoms with Crippen LogP contribution in [0.3, 0.4) is 0 Å². The first-order valence-electron chi connectivity index (χ1n) is 11.3. The normalized spacial score (nSPS) is 15.3. The maximum Gasteiger partial charge on any atom is 0.434 e. The van der Waals surface area contributed by atoms with E-state index in [1.54, 1.807) is 12.1 Å². The molecule has 0 bridgehead atoms. The van der Waals surface area contributed by atoms with Crippen LogP contribution in [0.5, 0.6) is 11.5 Å². The van der Waals surface area contributed by atoms with Gasteiger partial charge in [0.1, 0.15) is 6.07 Å². The molecule has 2 heterocycles. The van der Waals surface area contributed by atoms with Crippen molar-refractivity contribution in [1.82, 2.24) is 4.57 Å². The molecule has 1 aliphatic rings. The lowest BCUT2D eigenvalue weighted by Crippen LogP contribution is -2.41. The van der Waals surface area contributed by atoms with E-state index in [0.717, 1.165) is 15.9 Å². The lowest BCUT2D eigenvalue weighted by molar-refractivity contribution is -0.140. The minimum absolute atomic E-state index is 0.0621. The van der Waals surface area contributed by atoms with Crippen molar-refractivity contribution in [1.29, 1.82) is 5.26 Å². The number of carbonyl (C=O) groups excluding carboxylic acids is 1. The molecule has 0 fully saturated rings. The molecular weight excluding hydrogens is 559 g/mol. The number of aromatic nitrogens is 1. The second kappa shape index (κ2) is 11.3. The van der Waals surface area contributed by atoms with Crippen molar-refractivity contribution in [3.05, 3.63) is 89.6 Å². The van der Waals surface area contributed by atoms with Gasteiger partial charge in [0.15, 0.2) is 28.6 Å². The minimum Gasteiger partial charge on any atom is -0.493 e. The Morgan fingerprint density at radius 2 is 1.95 bits per heavy atom. The van der Waals surface area contributed by atoms with Crippen molar-refractivity contribution >= 4 is 35.0 Å². The van der Waals surface area contributed by atoms with Gasteiger partial charge in [0.05, 0.1) is 29.9 Å². The molecule has 4 rings (SSSR count). The van der Waals surface area contributed by atoms with Gasteiger partial charge in [-0.1, -0.05) is 41.1 Å². The Hall–Kier alpha value is -4.08. The molecule has 1 aromatic heterocycles. The van der Waals surface area contributed by atoms with E-state index in [0.29, 0.717) is 16.3 Å². The third-order valence-electron chi connectivity index (χ3n) is 5.56. The molecule has 8 nitrogen and oxygen atoms in total. The number of nitriles is 1. The minimum atomic E-state index is -5.01. The molecule has 202 valence electrons. The lowest BCUT2D eigenvalue weighted by Gasteiger charge is -2.26. The molecule has 3 aromatic rings. The number of alkyl halides is 3. The number of fused-ring (bicyclic) bond motifs is 1. The number of hydrogen-bond acceptors (Lipinski definition) is 8. The van der Waals surface area contributed by atoms with E-state index >= 15 is 0 Å². The van der Waals surface area contributed by atoms with Crippen LogP contribution in [-0.4, -0.2) is 37.0 Å². The topological polar surface area (TPSA) is 103 Å². The van der Waals surface area contributed by atoms with Crippen LogP contribution in [0.1, 0.15) is 24.1 Å². The monoisotopic (exact) mass is 577 g/mol. The number of allylic oxidation sites excluding steroid dienone is 1. The van der Waals surface area contributed by atoms with Gasteiger partial charge >= 0.3 is 12.1 Å². The summed E-state index contributed by atoms with van der Waals surface area (Å²) in [5.74, 6) is -0.649. The van der Waals surface area contributed by atoms with Crippen LogP contribution >= 0.6 is 22.9 Å². The van der Waals surface area contributed by atoms with E-state index in [4.69, 9.17) is 31.1 Å². The zero-order valence-electron chi connectivity index (χ0n) is 20.4. The SMILES string of the molecule is CCOC(=O)C1=C(C(F)(F)F)N=c2s/c(=C\c3ccc(OCC#N)c(OC)c3)c(=O)n2[C@@H]1c1ccc(Cl)cc1. The molecule has 0 aliphatic carbocycles. The second-order valence-electron chi connectivity index (χ2n) is 7.97. The van der Waals surface area contributed by atoms with Crippen molar-refractivity contribution in [3.8, 4) is 17.6 Å². The number of thiazole rings is 1. The third kappa shape index (κ3) is 5.69. The van der Waals surface area contributed by atoms with E-state index in [-0.39, 0.29) is 33.9 Å². The van der Waals surface area contributed by atoms with Gasteiger partial charge in [-0.2, -0.15) is 18.4 Å². The molecule has 39 heavy (non-hydrogen) atoms. The fraction of sp³-hybridized carbons (Fsp3) is 0.231. The van der Waals surface area contributed by atoms with Crippen LogP contribution in [0, 0.1) is 11.3 Å². The Kier molecular flexibility index (Phi) is 8.13. The van der Waals surface area contributed by atoms with Gasteiger partial charge in [0.2, 0.25) is 0 Å². The summed E-state index contributed by atoms with van der Waals surface area (Å²) in [4.78, 5) is 30.0. The molecule has 0 unspecified atom stereocenters. The number of ether oxygens (including phenoxy) is 3. The van der Waals surface area contributed by atoms with E-state index < -0.39 is 35.0 Å². The standard InChI is InChI=1S/C26H19ClF3N3O5S/c1-3-37-24(35)20-21(15-5-7-16(27)8-6-15)33-23(34)19(39-25(33)32-22(20)26(28,29)30)13-14-4-9-17(38-11-10-31)18(12-14)36-2/h4-9,12-13,21H,3,11H2,1-2H3/b19-13-/t21-/m1/s1. The molecule has 0 N–H and O–H groups in total. The van der Waals surface area contributed by atoms with Crippen molar-refractivity contribution in [2.24, 2.45) is 4.99 Å². The van der Waals surface area contributed by atoms with Gasteiger partial charge in [0, 0.05) is 5.02 Å². The summed E-state index contributed by atoms with van der Waals surface area (Å²) in [5, 5.41) is 9.06. The second-order valence-corrected chi connectivity index (χ2v) is 9.42. The van der Waals surface area contributed by atoms with Gasteiger partial charge in [-0.05, 0) is 48.4 Å². The molecule has 0 saturated carbocycles. The number of esters is 1. The van der Waals surface area contributed by atoms with Gasteiger partial charge in [-0.3, -0.25) is 9.36 Å². The summed E-state index contributed by atoms with van der Waals surface area (Å²) in [7, 11) is 1.40. The summed E-state index contributed by atoms with van der Waals surface area (Å²) in [6.07, 6.45) is -3.55. The zero-order valence-corrected chi connectivity index (χ0v) is 22.0. The van der Waals surface area contributed by atoms with Crippen LogP contribution in [0.25, 0.3) is 6.08 Å². The predicted octanol–water partition coefficient (Wildman–Crippen LogP) is 3.91. The molecule has 0 saturated heterocycles. The number of rotatable bonds is 7. The smallest absolute Gasteiger partial charge is 0.434 e. The van der Waals surface area contributed by atoms with Gasteiger partial charge in [0.25, 0.3) is 5.56 Å². The maximum atomic E-state index is 14.2. The maximum absolute atomic E-state index is 14.2. The van der Waals surface area contributed by atoms with Crippen molar-refractivity contribution in [2.45, 2.75) is 19.1 Å². The Labute approximate surface area is 228 Å². The molecule has 1 aliphatic heterocycles. The Morgan fingerprint density at radius 3 is 2.56 bits per heavy atom. The number of benzene rings is 2. The molecule has 0 amide bonds. The largest absolute Gasteiger partial charge is 0.493 e. The Balaban J connectivity index is 1.96. The van der Waals surface area contributed by atoms with Crippen LogP contribution in [0.4, 0.5) is 13.2 Å². The summed E-state index contributed by atoms with van der Waals surface area (Å²) in [6.45, 7) is 1.08. The molecule has 0 radical (unpaired) electrons. The number of methoxy groups -OCH3 is 1. The van der Waals surface area contributed by atoms with Gasteiger partial charge in [-0.25, -0.2) is 9.79 Å². The Bertz CT molecular complexity index is 1670. The van der Waals surface area contributed by atoms with E-state index in [1.807, 2.05) is 6.07 Å². The summed E-state index contributed by atoms with van der Waals surface area (Å²) >= 11 is 6.72. The average molecular weight is 578 g/mol. The van der Waals surface area contributed by atoms with Crippen LogP contribution in [-0.2, 0) is 9.53 Å². The quantitative estimate of drug-likeness (QED) is 0.395. The van der Waals surface area contributed by atoms with Crippen molar-refractivity contribution < 1.29 is 32.2 Å². The fourth-order valence-electron chi connectivity index (χ4n) is 3.96. The highest BCUT2D eigenvalue weighted by Crippen LogP contribution is 2.38. The highest BCUT2D eigenvalue weighted by Gasteiger charge is 2.45. The first kappa shape index (κ1) is 27.9. The number of carbonyl (C=O) groups is 1. The predicted molar refractivity (Wildman–Crippen MR) is 136 cm³/mol. The number of halogens is 4. The van der Waals surface area contributed by atoms with E-state index in [1.165, 1.54) is 50.4 Å². The van der Waals surface area contributed by atoms with Crippen LogP contribution < -0.4 is 24.4 Å². The summed E-state index contributed by atoms with van der Waals surface area (Å²) in [5.41, 5.74) is -2.20. The first-order valence-corrected chi connectivity index (χ1v) is 12.5. The molecule has 0 spiro atoms. The number of hydrogen-bond donors (Lipinski definition) is 0. The molecule has 2 aromatic carbocycles. The highest BCUT2D eigenvalue weighted by atomic mass is 35.5.